The fourth-order valence-corrected chi connectivity index (χ4v) is 2.32. The molecule has 1 aromatic rings. The van der Waals surface area contributed by atoms with Crippen molar-refractivity contribution in [2.24, 2.45) is 5.92 Å². The molecular weight excluding hydrogens is 261 g/mol. The fourth-order valence-electron chi connectivity index (χ4n) is 1.27. The molecule has 0 aliphatic carbocycles. The van der Waals surface area contributed by atoms with Crippen LogP contribution in [0.4, 0.5) is 10.1 Å². The van der Waals surface area contributed by atoms with Gasteiger partial charge in [-0.1, -0.05) is 13.0 Å². The van der Waals surface area contributed by atoms with Gasteiger partial charge in [-0.15, -0.1) is 11.8 Å². The zero-order valence-corrected chi connectivity index (χ0v) is 10.7. The lowest BCUT2D eigenvalue weighted by atomic mass is 10.2. The normalized spacial score (nSPS) is 11.9. The second kappa shape index (κ2) is 6.34. The number of benzene rings is 1. The summed E-state index contributed by atoms with van der Waals surface area (Å²) < 4.78 is 17.8. The maximum atomic E-state index is 13.3. The Hall–Kier alpha value is -1.63. The molecule has 0 aliphatic rings. The molecule has 0 heterocycles. The predicted octanol–water partition coefficient (Wildman–Crippen LogP) is 2.64. The Morgan fingerprint density at radius 2 is 2.28 bits per heavy atom. The van der Waals surface area contributed by atoms with E-state index in [1.165, 1.54) is 19.2 Å². The SMILES string of the molecule is COC(=O)C(C)CSc1cccc(F)c1[N+](=O)[O-]. The van der Waals surface area contributed by atoms with Gasteiger partial charge >= 0.3 is 11.7 Å². The van der Waals surface area contributed by atoms with Crippen LogP contribution in [0.1, 0.15) is 6.92 Å². The number of nitro groups is 1. The van der Waals surface area contributed by atoms with Crippen LogP contribution in [-0.2, 0) is 9.53 Å². The minimum Gasteiger partial charge on any atom is -0.469 e. The zero-order chi connectivity index (χ0) is 13.7. The van der Waals surface area contributed by atoms with Gasteiger partial charge in [-0.05, 0) is 12.1 Å². The minimum atomic E-state index is -0.879. The van der Waals surface area contributed by atoms with Crippen molar-refractivity contribution < 1.29 is 18.8 Å². The van der Waals surface area contributed by atoms with Gasteiger partial charge in [0.2, 0.25) is 5.82 Å². The molecule has 1 atom stereocenters. The van der Waals surface area contributed by atoms with Crippen LogP contribution in [0.5, 0.6) is 0 Å². The van der Waals surface area contributed by atoms with Gasteiger partial charge in [0.05, 0.1) is 22.8 Å². The van der Waals surface area contributed by atoms with E-state index < -0.39 is 28.3 Å². The number of nitrogens with zero attached hydrogens (tertiary/aromatic N) is 1. The summed E-state index contributed by atoms with van der Waals surface area (Å²) in [6, 6.07) is 3.88. The van der Waals surface area contributed by atoms with Crippen LogP contribution in [0.25, 0.3) is 0 Å². The molecule has 1 aromatic carbocycles. The molecule has 5 nitrogen and oxygen atoms in total. The quantitative estimate of drug-likeness (QED) is 0.357. The number of carbonyl (C=O) groups excluding carboxylic acids is 1. The van der Waals surface area contributed by atoms with Crippen molar-refractivity contribution >= 4 is 23.4 Å². The first-order valence-corrected chi connectivity index (χ1v) is 6.09. The molecule has 0 aromatic heterocycles. The summed E-state index contributed by atoms with van der Waals surface area (Å²) in [6.07, 6.45) is 0. The van der Waals surface area contributed by atoms with Crippen molar-refractivity contribution in [1.29, 1.82) is 0 Å². The van der Waals surface area contributed by atoms with E-state index in [1.54, 1.807) is 6.92 Å². The van der Waals surface area contributed by atoms with Gasteiger partial charge in [0, 0.05) is 5.75 Å². The van der Waals surface area contributed by atoms with Crippen LogP contribution in [0.15, 0.2) is 23.1 Å². The lowest BCUT2D eigenvalue weighted by molar-refractivity contribution is -0.390. The number of thioether (sulfide) groups is 1. The summed E-state index contributed by atoms with van der Waals surface area (Å²) in [5, 5.41) is 10.7. The van der Waals surface area contributed by atoms with Crippen molar-refractivity contribution in [2.75, 3.05) is 12.9 Å². The Labute approximate surface area is 107 Å². The number of para-hydroxylation sites is 1. The number of nitro benzene ring substituents is 1. The fraction of sp³-hybridized carbons (Fsp3) is 0.364. The predicted molar refractivity (Wildman–Crippen MR) is 65.0 cm³/mol. The van der Waals surface area contributed by atoms with Gasteiger partial charge in [-0.3, -0.25) is 14.9 Å². The van der Waals surface area contributed by atoms with Gasteiger partial charge in [0.1, 0.15) is 0 Å². The van der Waals surface area contributed by atoms with E-state index >= 15 is 0 Å². The van der Waals surface area contributed by atoms with Crippen molar-refractivity contribution in [1.82, 2.24) is 0 Å². The Balaban J connectivity index is 2.82. The second-order valence-electron chi connectivity index (χ2n) is 3.58. The maximum absolute atomic E-state index is 13.3. The Kier molecular flexibility index (Phi) is 5.08. The highest BCUT2D eigenvalue weighted by molar-refractivity contribution is 7.99. The van der Waals surface area contributed by atoms with Gasteiger partial charge in [0.15, 0.2) is 0 Å². The van der Waals surface area contributed by atoms with E-state index in [4.69, 9.17) is 0 Å². The Bertz CT molecular complexity index is 466. The molecule has 0 bridgehead atoms. The first-order valence-electron chi connectivity index (χ1n) is 5.11. The van der Waals surface area contributed by atoms with E-state index in [-0.39, 0.29) is 10.6 Å². The molecule has 1 rings (SSSR count). The number of carbonyl (C=O) groups is 1. The molecule has 7 heteroatoms. The van der Waals surface area contributed by atoms with Crippen LogP contribution in [0.2, 0.25) is 0 Å². The number of methoxy groups -OCH3 is 1. The van der Waals surface area contributed by atoms with E-state index in [0.29, 0.717) is 0 Å². The number of hydrogen-bond acceptors (Lipinski definition) is 5. The number of halogens is 1. The van der Waals surface area contributed by atoms with Gasteiger partial charge < -0.3 is 4.74 Å². The van der Waals surface area contributed by atoms with Gasteiger partial charge in [0.25, 0.3) is 0 Å². The monoisotopic (exact) mass is 273 g/mol. The highest BCUT2D eigenvalue weighted by Crippen LogP contribution is 2.32. The minimum absolute atomic E-state index is 0.204. The third-order valence-corrected chi connectivity index (χ3v) is 3.53. The molecule has 0 spiro atoms. The van der Waals surface area contributed by atoms with Gasteiger partial charge in [-0.2, -0.15) is 4.39 Å². The molecule has 0 fully saturated rings. The Morgan fingerprint density at radius 3 is 2.83 bits per heavy atom. The van der Waals surface area contributed by atoms with Crippen LogP contribution in [-0.4, -0.2) is 23.8 Å². The summed E-state index contributed by atoms with van der Waals surface area (Å²) in [5.41, 5.74) is -0.556. The van der Waals surface area contributed by atoms with E-state index in [0.717, 1.165) is 17.8 Å². The maximum Gasteiger partial charge on any atom is 0.318 e. The molecule has 0 saturated carbocycles. The van der Waals surface area contributed by atoms with E-state index in [9.17, 15) is 19.3 Å². The van der Waals surface area contributed by atoms with E-state index in [2.05, 4.69) is 4.74 Å². The third kappa shape index (κ3) is 3.43. The number of hydrogen-bond donors (Lipinski definition) is 0. The number of rotatable bonds is 5. The smallest absolute Gasteiger partial charge is 0.318 e. The topological polar surface area (TPSA) is 69.4 Å². The standard InChI is InChI=1S/C11H12FNO4S/c1-7(11(14)17-2)6-18-9-5-3-4-8(12)10(9)13(15)16/h3-5,7H,6H2,1-2H3. The van der Waals surface area contributed by atoms with Crippen LogP contribution < -0.4 is 0 Å². The molecule has 1 unspecified atom stereocenters. The summed E-state index contributed by atoms with van der Waals surface area (Å²) in [7, 11) is 1.27. The summed E-state index contributed by atoms with van der Waals surface area (Å²) in [4.78, 5) is 21.4. The molecule has 0 radical (unpaired) electrons. The lowest BCUT2D eigenvalue weighted by Crippen LogP contribution is -2.14. The van der Waals surface area contributed by atoms with Crippen molar-refractivity contribution in [3.05, 3.63) is 34.1 Å². The average Bonchev–Trinajstić information content (AvgIpc) is 2.34. The third-order valence-electron chi connectivity index (χ3n) is 2.22. The Morgan fingerprint density at radius 1 is 1.61 bits per heavy atom. The van der Waals surface area contributed by atoms with Crippen molar-refractivity contribution in [3.63, 3.8) is 0 Å². The highest BCUT2D eigenvalue weighted by Gasteiger charge is 2.22. The number of ether oxygens (including phenoxy) is 1. The van der Waals surface area contributed by atoms with Crippen LogP contribution in [0.3, 0.4) is 0 Å². The molecule has 18 heavy (non-hydrogen) atoms. The average molecular weight is 273 g/mol. The van der Waals surface area contributed by atoms with Crippen LogP contribution >= 0.6 is 11.8 Å². The van der Waals surface area contributed by atoms with Crippen LogP contribution in [0, 0.1) is 21.8 Å². The second-order valence-corrected chi connectivity index (χ2v) is 4.64. The zero-order valence-electron chi connectivity index (χ0n) is 9.88. The summed E-state index contributed by atoms with van der Waals surface area (Å²) in [5.74, 6) is -1.41. The molecule has 0 N–H and O–H groups in total. The highest BCUT2D eigenvalue weighted by atomic mass is 32.2. The summed E-state index contributed by atoms with van der Waals surface area (Å²) in [6.45, 7) is 1.64. The summed E-state index contributed by atoms with van der Waals surface area (Å²) >= 11 is 1.06. The first kappa shape index (κ1) is 14.4. The van der Waals surface area contributed by atoms with E-state index in [1.807, 2.05) is 0 Å². The largest absolute Gasteiger partial charge is 0.469 e. The number of esters is 1. The molecule has 0 aliphatic heterocycles. The molecule has 0 saturated heterocycles. The lowest BCUT2D eigenvalue weighted by Gasteiger charge is -2.08. The first-order chi connectivity index (χ1) is 8.47. The van der Waals surface area contributed by atoms with Crippen molar-refractivity contribution in [3.8, 4) is 0 Å². The van der Waals surface area contributed by atoms with Gasteiger partial charge in [-0.25, -0.2) is 0 Å². The molecular formula is C11H12FNO4S. The van der Waals surface area contributed by atoms with Crippen molar-refractivity contribution in [2.45, 2.75) is 11.8 Å². The molecule has 0 amide bonds. The molecule has 98 valence electrons.